The first kappa shape index (κ1) is 15.8. The summed E-state index contributed by atoms with van der Waals surface area (Å²) >= 11 is 0. The SMILES string of the molecule is COc1ccc(CN2CC=C(CC(=O)NO)C2=O)c(OC)c1. The molecule has 0 atom stereocenters. The van der Waals surface area contributed by atoms with E-state index < -0.39 is 5.91 Å². The van der Waals surface area contributed by atoms with Gasteiger partial charge in [0, 0.05) is 30.3 Å². The molecule has 1 aromatic rings. The molecular weight excluding hydrogens is 288 g/mol. The van der Waals surface area contributed by atoms with Crippen LogP contribution in [0.15, 0.2) is 29.8 Å². The zero-order valence-corrected chi connectivity index (χ0v) is 12.5. The molecule has 0 fully saturated rings. The van der Waals surface area contributed by atoms with Gasteiger partial charge in [-0.25, -0.2) is 5.48 Å². The van der Waals surface area contributed by atoms with Crippen molar-refractivity contribution in [1.82, 2.24) is 10.4 Å². The Morgan fingerprint density at radius 1 is 1.36 bits per heavy atom. The summed E-state index contributed by atoms with van der Waals surface area (Å²) in [6.07, 6.45) is 1.55. The molecule has 0 unspecified atom stereocenters. The molecule has 1 aliphatic heterocycles. The summed E-state index contributed by atoms with van der Waals surface area (Å²) < 4.78 is 10.4. The molecular formula is C15H18N2O5. The molecule has 2 amide bonds. The van der Waals surface area contributed by atoms with E-state index in [1.54, 1.807) is 37.3 Å². The molecule has 0 aliphatic carbocycles. The van der Waals surface area contributed by atoms with Gasteiger partial charge in [0.05, 0.1) is 20.6 Å². The fraction of sp³-hybridized carbons (Fsp3) is 0.333. The van der Waals surface area contributed by atoms with E-state index in [2.05, 4.69) is 0 Å². The van der Waals surface area contributed by atoms with Crippen molar-refractivity contribution in [3.63, 3.8) is 0 Å². The van der Waals surface area contributed by atoms with Crippen LogP contribution < -0.4 is 15.0 Å². The third kappa shape index (κ3) is 3.37. The summed E-state index contributed by atoms with van der Waals surface area (Å²) in [6, 6.07) is 5.39. The lowest BCUT2D eigenvalue weighted by atomic mass is 10.1. The first-order valence-electron chi connectivity index (χ1n) is 6.71. The topological polar surface area (TPSA) is 88.1 Å². The van der Waals surface area contributed by atoms with E-state index in [1.807, 2.05) is 6.07 Å². The van der Waals surface area contributed by atoms with Crippen LogP contribution in [0.25, 0.3) is 0 Å². The van der Waals surface area contributed by atoms with Gasteiger partial charge in [-0.2, -0.15) is 0 Å². The van der Waals surface area contributed by atoms with Gasteiger partial charge in [-0.1, -0.05) is 6.08 Å². The fourth-order valence-corrected chi connectivity index (χ4v) is 2.28. The molecule has 118 valence electrons. The molecule has 22 heavy (non-hydrogen) atoms. The first-order chi connectivity index (χ1) is 10.6. The summed E-state index contributed by atoms with van der Waals surface area (Å²) in [6.45, 7) is 0.787. The van der Waals surface area contributed by atoms with E-state index in [0.29, 0.717) is 30.2 Å². The average Bonchev–Trinajstić information content (AvgIpc) is 2.88. The molecule has 7 heteroatoms. The van der Waals surface area contributed by atoms with E-state index in [4.69, 9.17) is 14.7 Å². The van der Waals surface area contributed by atoms with Crippen LogP contribution in [0.2, 0.25) is 0 Å². The van der Waals surface area contributed by atoms with Gasteiger partial charge in [0.15, 0.2) is 0 Å². The van der Waals surface area contributed by atoms with Crippen LogP contribution in [0, 0.1) is 0 Å². The molecule has 2 rings (SSSR count). The number of nitrogens with zero attached hydrogens (tertiary/aromatic N) is 1. The number of methoxy groups -OCH3 is 2. The predicted molar refractivity (Wildman–Crippen MR) is 77.6 cm³/mol. The zero-order valence-electron chi connectivity index (χ0n) is 12.5. The Bertz CT molecular complexity index is 612. The maximum Gasteiger partial charge on any atom is 0.250 e. The van der Waals surface area contributed by atoms with Gasteiger partial charge in [-0.05, 0) is 12.1 Å². The van der Waals surface area contributed by atoms with Gasteiger partial charge >= 0.3 is 0 Å². The van der Waals surface area contributed by atoms with Gasteiger partial charge in [0.2, 0.25) is 5.91 Å². The summed E-state index contributed by atoms with van der Waals surface area (Å²) in [5.74, 6) is 0.477. The van der Waals surface area contributed by atoms with Crippen LogP contribution in [0.5, 0.6) is 11.5 Å². The quantitative estimate of drug-likeness (QED) is 0.601. The number of hydrogen-bond acceptors (Lipinski definition) is 5. The van der Waals surface area contributed by atoms with E-state index >= 15 is 0 Å². The van der Waals surface area contributed by atoms with E-state index in [0.717, 1.165) is 5.56 Å². The molecule has 2 N–H and O–H groups in total. The molecule has 1 heterocycles. The maximum atomic E-state index is 12.2. The second-order valence-electron chi connectivity index (χ2n) is 4.80. The van der Waals surface area contributed by atoms with Gasteiger partial charge < -0.3 is 14.4 Å². The first-order valence-corrected chi connectivity index (χ1v) is 6.71. The number of carbonyl (C=O) groups is 2. The number of ether oxygens (including phenoxy) is 2. The van der Waals surface area contributed by atoms with Crippen LogP contribution in [0.4, 0.5) is 0 Å². The Hall–Kier alpha value is -2.54. The van der Waals surface area contributed by atoms with Crippen LogP contribution >= 0.6 is 0 Å². The molecule has 0 saturated heterocycles. The lowest BCUT2D eigenvalue weighted by molar-refractivity contribution is -0.131. The number of nitrogens with one attached hydrogen (secondary N) is 1. The second kappa shape index (κ2) is 6.95. The van der Waals surface area contributed by atoms with E-state index in [1.165, 1.54) is 5.48 Å². The number of amides is 2. The normalized spacial score (nSPS) is 13.9. The van der Waals surface area contributed by atoms with Crippen molar-refractivity contribution in [3.05, 3.63) is 35.4 Å². The predicted octanol–water partition coefficient (Wildman–Crippen LogP) is 0.868. The highest BCUT2D eigenvalue weighted by Gasteiger charge is 2.26. The Kier molecular flexibility index (Phi) is 5.00. The third-order valence-electron chi connectivity index (χ3n) is 3.45. The monoisotopic (exact) mass is 306 g/mol. The van der Waals surface area contributed by atoms with Crippen molar-refractivity contribution in [2.75, 3.05) is 20.8 Å². The van der Waals surface area contributed by atoms with Crippen LogP contribution in [0.1, 0.15) is 12.0 Å². The smallest absolute Gasteiger partial charge is 0.250 e. The van der Waals surface area contributed by atoms with Gasteiger partial charge in [0.25, 0.3) is 5.91 Å². The summed E-state index contributed by atoms with van der Waals surface area (Å²) in [7, 11) is 3.13. The van der Waals surface area contributed by atoms with Gasteiger partial charge in [-0.3, -0.25) is 14.8 Å². The van der Waals surface area contributed by atoms with Gasteiger partial charge in [-0.15, -0.1) is 0 Å². The van der Waals surface area contributed by atoms with Gasteiger partial charge in [0.1, 0.15) is 11.5 Å². The summed E-state index contributed by atoms with van der Waals surface area (Å²) in [5, 5.41) is 8.52. The third-order valence-corrected chi connectivity index (χ3v) is 3.45. The van der Waals surface area contributed by atoms with Crippen LogP contribution in [-0.2, 0) is 16.1 Å². The van der Waals surface area contributed by atoms with Crippen molar-refractivity contribution < 1.29 is 24.3 Å². The maximum absolute atomic E-state index is 12.2. The largest absolute Gasteiger partial charge is 0.497 e. The van der Waals surface area contributed by atoms with Crippen LogP contribution in [0.3, 0.4) is 0 Å². The molecule has 1 aromatic carbocycles. The Morgan fingerprint density at radius 2 is 2.14 bits per heavy atom. The number of benzene rings is 1. The lowest BCUT2D eigenvalue weighted by Gasteiger charge is -2.19. The van der Waals surface area contributed by atoms with Crippen molar-refractivity contribution in [2.24, 2.45) is 0 Å². The van der Waals surface area contributed by atoms with Crippen molar-refractivity contribution in [2.45, 2.75) is 13.0 Å². The standard InChI is InChI=1S/C15H18N2O5/c1-21-12-4-3-11(13(8-12)22-2)9-17-6-5-10(15(17)19)7-14(18)16-20/h3-5,8,20H,6-7,9H2,1-2H3,(H,16,18). The molecule has 0 saturated carbocycles. The molecule has 0 aromatic heterocycles. The van der Waals surface area contributed by atoms with E-state index in [-0.39, 0.29) is 12.3 Å². The average molecular weight is 306 g/mol. The summed E-state index contributed by atoms with van der Waals surface area (Å²) in [5.41, 5.74) is 2.74. The van der Waals surface area contributed by atoms with Crippen molar-refractivity contribution in [3.8, 4) is 11.5 Å². The Morgan fingerprint density at radius 3 is 2.77 bits per heavy atom. The molecule has 7 nitrogen and oxygen atoms in total. The molecule has 0 bridgehead atoms. The highest BCUT2D eigenvalue weighted by molar-refractivity contribution is 6.00. The van der Waals surface area contributed by atoms with E-state index in [9.17, 15) is 9.59 Å². The van der Waals surface area contributed by atoms with Crippen molar-refractivity contribution >= 4 is 11.8 Å². The summed E-state index contributed by atoms with van der Waals surface area (Å²) in [4.78, 5) is 25.0. The molecule has 1 aliphatic rings. The molecule has 0 spiro atoms. The number of carbonyl (C=O) groups excluding carboxylic acids is 2. The number of rotatable bonds is 6. The lowest BCUT2D eigenvalue weighted by Crippen LogP contribution is -2.28. The second-order valence-corrected chi connectivity index (χ2v) is 4.80. The molecule has 0 radical (unpaired) electrons. The highest BCUT2D eigenvalue weighted by Crippen LogP contribution is 2.27. The Labute approximate surface area is 128 Å². The minimum absolute atomic E-state index is 0.133. The fourth-order valence-electron chi connectivity index (χ4n) is 2.28. The highest BCUT2D eigenvalue weighted by atomic mass is 16.5. The zero-order chi connectivity index (χ0) is 16.1. The minimum Gasteiger partial charge on any atom is -0.497 e. The number of hydrogen-bond donors (Lipinski definition) is 2. The minimum atomic E-state index is -0.608. The van der Waals surface area contributed by atoms with Crippen molar-refractivity contribution in [1.29, 1.82) is 0 Å². The Balaban J connectivity index is 2.07. The van der Waals surface area contributed by atoms with Crippen LogP contribution in [-0.4, -0.2) is 42.7 Å². The number of hydroxylamine groups is 1.